The normalized spacial score (nSPS) is 10.9. The van der Waals surface area contributed by atoms with Gasteiger partial charge in [-0.3, -0.25) is 4.98 Å². The molecule has 1 aromatic heterocycles. The average molecular weight is 288 g/mol. The number of rotatable bonds is 2. The first-order valence-electron chi connectivity index (χ1n) is 6.14. The molecule has 0 unspecified atom stereocenters. The second-order valence-electron chi connectivity index (χ2n) is 4.42. The number of aliphatic hydroxyl groups excluding tert-OH is 1. The molecule has 20 heavy (non-hydrogen) atoms. The van der Waals surface area contributed by atoms with Gasteiger partial charge in [-0.15, -0.1) is 0 Å². The molecule has 0 saturated carbocycles. The van der Waals surface area contributed by atoms with Crippen LogP contribution >= 0.6 is 11.6 Å². The van der Waals surface area contributed by atoms with Gasteiger partial charge >= 0.3 is 0 Å². The first-order chi connectivity index (χ1) is 9.72. The van der Waals surface area contributed by atoms with Gasteiger partial charge < -0.3 is 5.11 Å². The average Bonchev–Trinajstić information content (AvgIpc) is 2.49. The Kier molecular flexibility index (Phi) is 3.38. The van der Waals surface area contributed by atoms with Crippen molar-refractivity contribution in [3.05, 3.63) is 65.1 Å². The SMILES string of the molecule is OCc1c(-c2ccnc3ccccc23)ccc(Cl)c1F. The van der Waals surface area contributed by atoms with Gasteiger partial charge in [0, 0.05) is 17.1 Å². The summed E-state index contributed by atoms with van der Waals surface area (Å²) in [5, 5.41) is 10.4. The highest BCUT2D eigenvalue weighted by molar-refractivity contribution is 6.31. The van der Waals surface area contributed by atoms with Gasteiger partial charge in [0.25, 0.3) is 0 Å². The smallest absolute Gasteiger partial charge is 0.147 e. The summed E-state index contributed by atoms with van der Waals surface area (Å²) in [6.07, 6.45) is 1.67. The summed E-state index contributed by atoms with van der Waals surface area (Å²) in [4.78, 5) is 4.28. The summed E-state index contributed by atoms with van der Waals surface area (Å²) in [5.74, 6) is -0.576. The molecule has 0 saturated heterocycles. The molecule has 0 bridgehead atoms. The number of halogens is 2. The molecule has 1 N–H and O–H groups in total. The van der Waals surface area contributed by atoms with Crippen molar-refractivity contribution in [3.63, 3.8) is 0 Å². The van der Waals surface area contributed by atoms with Crippen molar-refractivity contribution in [1.29, 1.82) is 0 Å². The van der Waals surface area contributed by atoms with E-state index in [2.05, 4.69) is 4.98 Å². The monoisotopic (exact) mass is 287 g/mol. The zero-order valence-electron chi connectivity index (χ0n) is 10.5. The van der Waals surface area contributed by atoms with Crippen molar-refractivity contribution in [2.75, 3.05) is 0 Å². The number of aromatic nitrogens is 1. The Morgan fingerprint density at radius 3 is 2.65 bits per heavy atom. The fourth-order valence-corrected chi connectivity index (χ4v) is 2.51. The molecular formula is C16H11ClFNO. The topological polar surface area (TPSA) is 33.1 Å². The van der Waals surface area contributed by atoms with Crippen LogP contribution in [0.15, 0.2) is 48.7 Å². The predicted molar refractivity (Wildman–Crippen MR) is 78.1 cm³/mol. The first-order valence-corrected chi connectivity index (χ1v) is 6.52. The Morgan fingerprint density at radius 1 is 1.05 bits per heavy atom. The molecule has 2 aromatic carbocycles. The minimum absolute atomic E-state index is 0.0103. The zero-order chi connectivity index (χ0) is 14.1. The summed E-state index contributed by atoms with van der Waals surface area (Å²) in [5.41, 5.74) is 2.49. The molecule has 4 heteroatoms. The number of aliphatic hydroxyl groups is 1. The van der Waals surface area contributed by atoms with Crippen LogP contribution in [0.25, 0.3) is 22.0 Å². The van der Waals surface area contributed by atoms with Crippen LogP contribution in [0.5, 0.6) is 0 Å². The third-order valence-electron chi connectivity index (χ3n) is 3.29. The largest absolute Gasteiger partial charge is 0.392 e. The summed E-state index contributed by atoms with van der Waals surface area (Å²) in [7, 11) is 0. The minimum atomic E-state index is -0.576. The van der Waals surface area contributed by atoms with Crippen LogP contribution < -0.4 is 0 Å². The van der Waals surface area contributed by atoms with E-state index in [9.17, 15) is 9.50 Å². The highest BCUT2D eigenvalue weighted by Crippen LogP contribution is 2.33. The van der Waals surface area contributed by atoms with Gasteiger partial charge in [-0.1, -0.05) is 35.9 Å². The molecule has 0 aliphatic rings. The van der Waals surface area contributed by atoms with Crippen molar-refractivity contribution >= 4 is 22.5 Å². The second kappa shape index (κ2) is 5.19. The van der Waals surface area contributed by atoms with Crippen LogP contribution in [0.2, 0.25) is 5.02 Å². The number of fused-ring (bicyclic) bond motifs is 1. The van der Waals surface area contributed by atoms with Gasteiger partial charge in [-0.2, -0.15) is 0 Å². The van der Waals surface area contributed by atoms with Gasteiger partial charge in [0.2, 0.25) is 0 Å². The van der Waals surface area contributed by atoms with Crippen molar-refractivity contribution in [1.82, 2.24) is 4.98 Å². The van der Waals surface area contributed by atoms with Gasteiger partial charge in [-0.25, -0.2) is 4.39 Å². The highest BCUT2D eigenvalue weighted by atomic mass is 35.5. The quantitative estimate of drug-likeness (QED) is 0.767. The molecule has 0 aliphatic heterocycles. The van der Waals surface area contributed by atoms with E-state index in [-0.39, 0.29) is 10.6 Å². The molecular weight excluding hydrogens is 277 g/mol. The van der Waals surface area contributed by atoms with Gasteiger partial charge in [0.05, 0.1) is 17.1 Å². The van der Waals surface area contributed by atoms with E-state index in [0.29, 0.717) is 5.56 Å². The summed E-state index contributed by atoms with van der Waals surface area (Å²) >= 11 is 5.77. The standard InChI is InChI=1S/C16H11ClFNO/c17-14-6-5-10(13(9-20)16(14)18)11-7-8-19-15-4-2-1-3-12(11)15/h1-8,20H,9H2. The zero-order valence-corrected chi connectivity index (χ0v) is 11.2. The number of pyridine rings is 1. The van der Waals surface area contributed by atoms with Crippen LogP contribution in [0.3, 0.4) is 0 Å². The van der Waals surface area contributed by atoms with Crippen molar-refractivity contribution in [2.24, 2.45) is 0 Å². The second-order valence-corrected chi connectivity index (χ2v) is 4.83. The van der Waals surface area contributed by atoms with E-state index in [1.807, 2.05) is 30.3 Å². The summed E-state index contributed by atoms with van der Waals surface area (Å²) in [6, 6.07) is 12.6. The van der Waals surface area contributed by atoms with Crippen LogP contribution in [0.1, 0.15) is 5.56 Å². The van der Waals surface area contributed by atoms with E-state index in [0.717, 1.165) is 16.5 Å². The lowest BCUT2D eigenvalue weighted by Crippen LogP contribution is -1.96. The lowest BCUT2D eigenvalue weighted by atomic mass is 9.96. The molecule has 0 aliphatic carbocycles. The third-order valence-corrected chi connectivity index (χ3v) is 3.59. The first kappa shape index (κ1) is 13.0. The summed E-state index contributed by atoms with van der Waals surface area (Å²) in [6.45, 7) is -0.404. The maximum atomic E-state index is 14.0. The van der Waals surface area contributed by atoms with E-state index < -0.39 is 12.4 Å². The number of hydrogen-bond donors (Lipinski definition) is 1. The molecule has 2 nitrogen and oxygen atoms in total. The molecule has 0 radical (unpaired) electrons. The fourth-order valence-electron chi connectivity index (χ4n) is 2.33. The van der Waals surface area contributed by atoms with E-state index in [1.165, 1.54) is 6.07 Å². The van der Waals surface area contributed by atoms with Crippen molar-refractivity contribution in [2.45, 2.75) is 6.61 Å². The number of para-hydroxylation sites is 1. The fraction of sp³-hybridized carbons (Fsp3) is 0.0625. The maximum absolute atomic E-state index is 14.0. The predicted octanol–water partition coefficient (Wildman–Crippen LogP) is 4.19. The van der Waals surface area contributed by atoms with Crippen LogP contribution in [0, 0.1) is 5.82 Å². The Balaban J connectivity index is 2.34. The molecule has 3 rings (SSSR count). The van der Waals surface area contributed by atoms with Gasteiger partial charge in [0.1, 0.15) is 5.82 Å². The number of hydrogen-bond acceptors (Lipinski definition) is 2. The molecule has 0 spiro atoms. The molecule has 1 heterocycles. The van der Waals surface area contributed by atoms with Gasteiger partial charge in [-0.05, 0) is 29.3 Å². The maximum Gasteiger partial charge on any atom is 0.147 e. The van der Waals surface area contributed by atoms with Crippen LogP contribution in [0.4, 0.5) is 4.39 Å². The van der Waals surface area contributed by atoms with Crippen LogP contribution in [-0.2, 0) is 6.61 Å². The summed E-state index contributed by atoms with van der Waals surface area (Å²) < 4.78 is 14.0. The van der Waals surface area contributed by atoms with E-state index >= 15 is 0 Å². The molecule has 0 amide bonds. The molecule has 0 atom stereocenters. The van der Waals surface area contributed by atoms with E-state index in [4.69, 9.17) is 11.6 Å². The highest BCUT2D eigenvalue weighted by Gasteiger charge is 2.14. The lowest BCUT2D eigenvalue weighted by molar-refractivity contribution is 0.276. The molecule has 3 aromatic rings. The van der Waals surface area contributed by atoms with E-state index in [1.54, 1.807) is 12.3 Å². The lowest BCUT2D eigenvalue weighted by Gasteiger charge is -2.12. The number of benzene rings is 2. The molecule has 0 fully saturated rings. The minimum Gasteiger partial charge on any atom is -0.392 e. The van der Waals surface area contributed by atoms with Crippen molar-refractivity contribution < 1.29 is 9.50 Å². The number of nitrogens with zero attached hydrogens (tertiary/aromatic N) is 1. The van der Waals surface area contributed by atoms with Crippen LogP contribution in [-0.4, -0.2) is 10.1 Å². The molecule has 100 valence electrons. The Morgan fingerprint density at radius 2 is 1.85 bits per heavy atom. The third kappa shape index (κ3) is 2.05. The van der Waals surface area contributed by atoms with Gasteiger partial charge in [0.15, 0.2) is 0 Å². The Hall–Kier alpha value is -1.97. The van der Waals surface area contributed by atoms with Crippen molar-refractivity contribution in [3.8, 4) is 11.1 Å². The Labute approximate surface area is 120 Å². The Bertz CT molecular complexity index is 783.